The number of carbonyl (C=O) groups is 2. The van der Waals surface area contributed by atoms with E-state index in [0.717, 1.165) is 0 Å². The van der Waals surface area contributed by atoms with E-state index in [1.54, 1.807) is 12.1 Å². The first-order valence-electron chi connectivity index (χ1n) is 6.88. The van der Waals surface area contributed by atoms with Crippen LogP contribution in [0, 0.1) is 5.92 Å². The molecule has 2 N–H and O–H groups in total. The monoisotopic (exact) mass is 326 g/mol. The molecule has 0 aliphatic heterocycles. The third-order valence-electron chi connectivity index (χ3n) is 3.26. The lowest BCUT2D eigenvalue weighted by molar-refractivity contribution is -0.141. The van der Waals surface area contributed by atoms with Gasteiger partial charge in [0.15, 0.2) is 11.5 Å². The highest BCUT2D eigenvalue weighted by Gasteiger charge is 2.19. The van der Waals surface area contributed by atoms with Crippen LogP contribution < -0.4 is 19.5 Å². The van der Waals surface area contributed by atoms with Crippen molar-refractivity contribution in [2.45, 2.75) is 6.92 Å². The average molecular weight is 326 g/mol. The van der Waals surface area contributed by atoms with Gasteiger partial charge in [-0.1, -0.05) is 6.92 Å². The summed E-state index contributed by atoms with van der Waals surface area (Å²) in [7, 11) is 5.96. The van der Waals surface area contributed by atoms with Gasteiger partial charge in [-0.3, -0.25) is 4.79 Å². The van der Waals surface area contributed by atoms with Crippen molar-refractivity contribution in [2.75, 3.05) is 40.2 Å². The summed E-state index contributed by atoms with van der Waals surface area (Å²) in [5.41, 5.74) is 0.393. The van der Waals surface area contributed by atoms with E-state index < -0.39 is 17.9 Å². The molecule has 0 saturated heterocycles. The lowest BCUT2D eigenvalue weighted by Crippen LogP contribution is -2.36. The zero-order chi connectivity index (χ0) is 17.6. The van der Waals surface area contributed by atoms with Gasteiger partial charge >= 0.3 is 12.0 Å². The van der Waals surface area contributed by atoms with Crippen molar-refractivity contribution in [3.05, 3.63) is 12.1 Å². The van der Waals surface area contributed by atoms with Gasteiger partial charge in [-0.05, 0) is 0 Å². The Morgan fingerprint density at radius 3 is 2.13 bits per heavy atom. The Morgan fingerprint density at radius 1 is 1.13 bits per heavy atom. The summed E-state index contributed by atoms with van der Waals surface area (Å²) in [5, 5.41) is 11.6. The molecule has 23 heavy (non-hydrogen) atoms. The van der Waals surface area contributed by atoms with E-state index in [1.165, 1.54) is 40.2 Å². The summed E-state index contributed by atoms with van der Waals surface area (Å²) >= 11 is 0. The van der Waals surface area contributed by atoms with Crippen LogP contribution in [-0.2, 0) is 4.79 Å². The second-order valence-electron chi connectivity index (χ2n) is 4.96. The molecule has 8 heteroatoms. The van der Waals surface area contributed by atoms with E-state index in [-0.39, 0.29) is 6.54 Å². The number of carbonyl (C=O) groups excluding carboxylic acids is 1. The molecule has 1 rings (SSSR count). The molecule has 8 nitrogen and oxygen atoms in total. The van der Waals surface area contributed by atoms with Crippen molar-refractivity contribution >= 4 is 17.7 Å². The van der Waals surface area contributed by atoms with E-state index in [0.29, 0.717) is 22.9 Å². The van der Waals surface area contributed by atoms with E-state index >= 15 is 0 Å². The molecule has 0 aliphatic rings. The predicted molar refractivity (Wildman–Crippen MR) is 84.5 cm³/mol. The SMILES string of the molecule is COc1cc(OC)c(OC)cc1NC(=O)N(C)CC(C)C(=O)O. The van der Waals surface area contributed by atoms with Gasteiger partial charge in [-0.2, -0.15) is 0 Å². The number of amides is 2. The van der Waals surface area contributed by atoms with Gasteiger partial charge in [0.25, 0.3) is 0 Å². The number of carboxylic acids is 1. The molecule has 0 spiro atoms. The number of nitrogens with one attached hydrogen (secondary N) is 1. The second-order valence-corrected chi connectivity index (χ2v) is 4.96. The number of aliphatic carboxylic acids is 1. The molecule has 0 radical (unpaired) electrons. The number of urea groups is 1. The van der Waals surface area contributed by atoms with Crippen LogP contribution in [0.3, 0.4) is 0 Å². The van der Waals surface area contributed by atoms with Crippen LogP contribution in [0.1, 0.15) is 6.92 Å². The Bertz CT molecular complexity index is 575. The Labute approximate surface area is 134 Å². The van der Waals surface area contributed by atoms with Gasteiger partial charge in [0, 0.05) is 25.7 Å². The minimum absolute atomic E-state index is 0.0801. The topological polar surface area (TPSA) is 97.3 Å². The highest BCUT2D eigenvalue weighted by atomic mass is 16.5. The van der Waals surface area contributed by atoms with Crippen molar-refractivity contribution < 1.29 is 28.9 Å². The fourth-order valence-electron chi connectivity index (χ4n) is 1.91. The number of anilines is 1. The number of hydrogen-bond acceptors (Lipinski definition) is 5. The molecule has 0 heterocycles. The zero-order valence-electron chi connectivity index (χ0n) is 13.9. The molecule has 1 aromatic rings. The number of ether oxygens (including phenoxy) is 3. The van der Waals surface area contributed by atoms with E-state index in [4.69, 9.17) is 19.3 Å². The van der Waals surface area contributed by atoms with Gasteiger partial charge in [-0.25, -0.2) is 4.79 Å². The largest absolute Gasteiger partial charge is 0.494 e. The summed E-state index contributed by atoms with van der Waals surface area (Å²) < 4.78 is 15.6. The van der Waals surface area contributed by atoms with Crippen molar-refractivity contribution in [1.82, 2.24) is 4.90 Å². The highest BCUT2D eigenvalue weighted by molar-refractivity contribution is 5.91. The maximum atomic E-state index is 12.2. The number of nitrogens with zero attached hydrogens (tertiary/aromatic N) is 1. The molecule has 0 fully saturated rings. The van der Waals surface area contributed by atoms with Crippen LogP contribution in [0.2, 0.25) is 0 Å². The number of benzene rings is 1. The predicted octanol–water partition coefficient (Wildman–Crippen LogP) is 1.90. The fourth-order valence-corrected chi connectivity index (χ4v) is 1.91. The molecule has 0 bridgehead atoms. The zero-order valence-corrected chi connectivity index (χ0v) is 13.9. The summed E-state index contributed by atoms with van der Waals surface area (Å²) in [4.78, 5) is 24.3. The van der Waals surface area contributed by atoms with Gasteiger partial charge in [0.1, 0.15) is 5.75 Å². The molecular formula is C15H22N2O6. The quantitative estimate of drug-likeness (QED) is 0.794. The summed E-state index contributed by atoms with van der Waals surface area (Å²) in [6.45, 7) is 1.61. The van der Waals surface area contributed by atoms with Crippen LogP contribution in [0.15, 0.2) is 12.1 Å². The van der Waals surface area contributed by atoms with Gasteiger partial charge in [0.2, 0.25) is 0 Å². The Balaban J connectivity index is 2.94. The molecule has 1 unspecified atom stereocenters. The minimum atomic E-state index is -0.964. The minimum Gasteiger partial charge on any atom is -0.494 e. The van der Waals surface area contributed by atoms with E-state index in [1.807, 2.05) is 0 Å². The first kappa shape index (κ1) is 18.4. The Kier molecular flexibility index (Phi) is 6.49. The molecule has 1 atom stereocenters. The third-order valence-corrected chi connectivity index (χ3v) is 3.26. The highest BCUT2D eigenvalue weighted by Crippen LogP contribution is 2.37. The molecule has 0 aliphatic carbocycles. The van der Waals surface area contributed by atoms with Crippen molar-refractivity contribution in [1.29, 1.82) is 0 Å². The summed E-state index contributed by atoms with van der Waals surface area (Å²) in [6.07, 6.45) is 0. The van der Waals surface area contributed by atoms with Crippen molar-refractivity contribution in [3.63, 3.8) is 0 Å². The van der Waals surface area contributed by atoms with E-state index in [9.17, 15) is 9.59 Å². The van der Waals surface area contributed by atoms with Crippen LogP contribution in [-0.4, -0.2) is 56.9 Å². The first-order valence-corrected chi connectivity index (χ1v) is 6.88. The lowest BCUT2D eigenvalue weighted by atomic mass is 10.2. The second kappa shape index (κ2) is 8.11. The fraction of sp³-hybridized carbons (Fsp3) is 0.467. The molecule has 2 amide bonds. The molecule has 128 valence electrons. The van der Waals surface area contributed by atoms with Crippen LogP contribution in [0.5, 0.6) is 17.2 Å². The maximum absolute atomic E-state index is 12.2. The Morgan fingerprint density at radius 2 is 1.65 bits per heavy atom. The first-order chi connectivity index (χ1) is 10.8. The standard InChI is InChI=1S/C15H22N2O6/c1-9(14(18)19)8-17(2)15(20)16-10-6-12(22-4)13(23-5)7-11(10)21-3/h6-7,9H,8H2,1-5H3,(H,16,20)(H,18,19). The summed E-state index contributed by atoms with van der Waals surface area (Å²) in [5.74, 6) is -0.331. The number of rotatable bonds is 7. The Hall–Kier alpha value is -2.64. The normalized spacial score (nSPS) is 11.3. The molecule has 0 saturated carbocycles. The van der Waals surface area contributed by atoms with Crippen LogP contribution >= 0.6 is 0 Å². The lowest BCUT2D eigenvalue weighted by Gasteiger charge is -2.21. The average Bonchev–Trinajstić information content (AvgIpc) is 2.53. The van der Waals surface area contributed by atoms with Gasteiger partial charge < -0.3 is 29.5 Å². The van der Waals surface area contributed by atoms with E-state index in [2.05, 4.69) is 5.32 Å². The number of methoxy groups -OCH3 is 3. The van der Waals surface area contributed by atoms with Crippen molar-refractivity contribution in [2.24, 2.45) is 5.92 Å². The summed E-state index contributed by atoms with van der Waals surface area (Å²) in [6, 6.07) is 2.71. The van der Waals surface area contributed by atoms with Crippen LogP contribution in [0.25, 0.3) is 0 Å². The smallest absolute Gasteiger partial charge is 0.321 e. The number of hydrogen-bond donors (Lipinski definition) is 2. The van der Waals surface area contributed by atoms with Crippen LogP contribution in [0.4, 0.5) is 10.5 Å². The third kappa shape index (κ3) is 4.67. The molecule has 1 aromatic carbocycles. The van der Waals surface area contributed by atoms with Gasteiger partial charge in [0.05, 0.1) is 32.9 Å². The van der Waals surface area contributed by atoms with Gasteiger partial charge in [-0.15, -0.1) is 0 Å². The molecule has 0 aromatic heterocycles. The number of carboxylic acid groups (broad SMARTS) is 1. The maximum Gasteiger partial charge on any atom is 0.321 e. The molecular weight excluding hydrogens is 304 g/mol. The van der Waals surface area contributed by atoms with Crippen molar-refractivity contribution in [3.8, 4) is 17.2 Å².